The van der Waals surface area contributed by atoms with E-state index in [1.54, 1.807) is 31.4 Å². The van der Waals surface area contributed by atoms with Crippen LogP contribution < -0.4 is 14.5 Å². The predicted molar refractivity (Wildman–Crippen MR) is 147 cm³/mol. The first-order valence-corrected chi connectivity index (χ1v) is 14.3. The number of nitrogens with zero attached hydrogens (tertiary/aromatic N) is 3. The number of benzene rings is 3. The van der Waals surface area contributed by atoms with E-state index in [0.29, 0.717) is 31.7 Å². The summed E-state index contributed by atoms with van der Waals surface area (Å²) in [5.41, 5.74) is 1.79. The minimum absolute atomic E-state index is 0.0689. The Bertz CT molecular complexity index is 1450. The van der Waals surface area contributed by atoms with Crippen molar-refractivity contribution in [3.63, 3.8) is 0 Å². The smallest absolute Gasteiger partial charge is 0.236 e. The molecular weight excluding hydrogens is 610 g/mol. The SMILES string of the molecule is COc1ccc(N2CCN(c3oc(-c4ccc(Br)cc4)nc3S(=O)(=O)c3ccc(Br)cc3)CC2)cc1. The summed E-state index contributed by atoms with van der Waals surface area (Å²) < 4.78 is 40.4. The van der Waals surface area contributed by atoms with E-state index < -0.39 is 9.84 Å². The zero-order chi connectivity index (χ0) is 25.3. The van der Waals surface area contributed by atoms with Gasteiger partial charge in [-0.1, -0.05) is 31.9 Å². The normalized spacial score (nSPS) is 14.2. The van der Waals surface area contributed by atoms with Crippen LogP contribution in [0.4, 0.5) is 11.6 Å². The molecular formula is C26H23Br2N3O4S. The van der Waals surface area contributed by atoms with Crippen molar-refractivity contribution in [3.8, 4) is 17.2 Å². The maximum absolute atomic E-state index is 13.7. The van der Waals surface area contributed by atoms with Gasteiger partial charge in [0.1, 0.15) is 5.75 Å². The molecule has 3 aromatic carbocycles. The molecule has 5 rings (SSSR count). The number of methoxy groups -OCH3 is 1. The Hall–Kier alpha value is -2.82. The molecule has 4 aromatic rings. The number of oxazole rings is 1. The standard InChI is InChI=1S/C26H23Br2N3O4S/c1-34-22-10-8-21(9-11-22)30-14-16-31(17-15-30)26-25(36(32,33)23-12-6-20(28)7-13-23)29-24(35-26)18-2-4-19(27)5-3-18/h2-13H,14-17H2,1H3. The molecule has 0 bridgehead atoms. The van der Waals surface area contributed by atoms with Crippen molar-refractivity contribution in [1.82, 2.24) is 4.98 Å². The van der Waals surface area contributed by atoms with Gasteiger partial charge >= 0.3 is 0 Å². The molecule has 0 spiro atoms. The number of hydrogen-bond acceptors (Lipinski definition) is 7. The largest absolute Gasteiger partial charge is 0.497 e. The lowest BCUT2D eigenvalue weighted by Crippen LogP contribution is -2.46. The van der Waals surface area contributed by atoms with Gasteiger partial charge in [-0.25, -0.2) is 8.42 Å². The van der Waals surface area contributed by atoms with Gasteiger partial charge in [0.15, 0.2) is 0 Å². The second kappa shape index (κ2) is 10.3. The molecule has 1 saturated heterocycles. The van der Waals surface area contributed by atoms with E-state index >= 15 is 0 Å². The molecule has 1 fully saturated rings. The highest BCUT2D eigenvalue weighted by molar-refractivity contribution is 9.10. The van der Waals surface area contributed by atoms with Crippen molar-refractivity contribution in [2.75, 3.05) is 43.1 Å². The van der Waals surface area contributed by atoms with E-state index in [-0.39, 0.29) is 21.7 Å². The lowest BCUT2D eigenvalue weighted by atomic mass is 10.2. The van der Waals surface area contributed by atoms with Crippen molar-refractivity contribution in [3.05, 3.63) is 81.7 Å². The molecule has 0 unspecified atom stereocenters. The Morgan fingerprint density at radius 2 is 1.36 bits per heavy atom. The number of aromatic nitrogens is 1. The Labute approximate surface area is 226 Å². The fourth-order valence-corrected chi connectivity index (χ4v) is 5.93. The number of halogens is 2. The molecule has 0 saturated carbocycles. The highest BCUT2D eigenvalue weighted by Crippen LogP contribution is 2.36. The van der Waals surface area contributed by atoms with Gasteiger partial charge in [-0.2, -0.15) is 4.98 Å². The highest BCUT2D eigenvalue weighted by atomic mass is 79.9. The van der Waals surface area contributed by atoms with Gasteiger partial charge in [-0.05, 0) is 72.8 Å². The van der Waals surface area contributed by atoms with Gasteiger partial charge in [-0.15, -0.1) is 0 Å². The summed E-state index contributed by atoms with van der Waals surface area (Å²) in [7, 11) is -2.26. The lowest BCUT2D eigenvalue weighted by molar-refractivity contribution is 0.415. The zero-order valence-electron chi connectivity index (χ0n) is 19.4. The first kappa shape index (κ1) is 24.9. The molecule has 10 heteroatoms. The molecule has 186 valence electrons. The zero-order valence-corrected chi connectivity index (χ0v) is 23.4. The average Bonchev–Trinajstić information content (AvgIpc) is 3.36. The maximum atomic E-state index is 13.7. The van der Waals surface area contributed by atoms with Crippen LogP contribution in [0.2, 0.25) is 0 Å². The summed E-state index contributed by atoms with van der Waals surface area (Å²) >= 11 is 6.80. The Morgan fingerprint density at radius 3 is 1.94 bits per heavy atom. The van der Waals surface area contributed by atoms with Crippen molar-refractivity contribution >= 4 is 53.3 Å². The number of hydrogen-bond donors (Lipinski definition) is 0. The third kappa shape index (κ3) is 5.02. The molecule has 0 aliphatic carbocycles. The predicted octanol–water partition coefficient (Wildman–Crippen LogP) is 6.03. The number of sulfone groups is 1. The third-order valence-corrected chi connectivity index (χ3v) is 8.78. The van der Waals surface area contributed by atoms with Crippen LogP contribution in [-0.4, -0.2) is 46.7 Å². The highest BCUT2D eigenvalue weighted by Gasteiger charge is 2.33. The van der Waals surface area contributed by atoms with Gasteiger partial charge in [0.25, 0.3) is 0 Å². The van der Waals surface area contributed by atoms with E-state index in [4.69, 9.17) is 9.15 Å². The summed E-state index contributed by atoms with van der Waals surface area (Å²) in [6.45, 7) is 2.59. The van der Waals surface area contributed by atoms with Gasteiger partial charge in [0, 0.05) is 46.4 Å². The monoisotopic (exact) mass is 631 g/mol. The van der Waals surface area contributed by atoms with Crippen LogP contribution in [0.25, 0.3) is 11.5 Å². The van der Waals surface area contributed by atoms with Crippen LogP contribution >= 0.6 is 31.9 Å². The number of rotatable bonds is 6. The van der Waals surface area contributed by atoms with E-state index in [9.17, 15) is 8.42 Å². The quantitative estimate of drug-likeness (QED) is 0.257. The van der Waals surface area contributed by atoms with E-state index in [0.717, 1.165) is 20.4 Å². The lowest BCUT2D eigenvalue weighted by Gasteiger charge is -2.36. The van der Waals surface area contributed by atoms with Gasteiger partial charge in [-0.3, -0.25) is 0 Å². The summed E-state index contributed by atoms with van der Waals surface area (Å²) in [5, 5.41) is -0.0689. The van der Waals surface area contributed by atoms with Crippen LogP contribution in [-0.2, 0) is 9.84 Å². The first-order valence-electron chi connectivity index (χ1n) is 11.3. The first-order chi connectivity index (χ1) is 17.3. The minimum atomic E-state index is -3.91. The van der Waals surface area contributed by atoms with Crippen molar-refractivity contribution in [2.24, 2.45) is 0 Å². The van der Waals surface area contributed by atoms with Crippen molar-refractivity contribution in [1.29, 1.82) is 0 Å². The van der Waals surface area contributed by atoms with E-state index in [1.807, 2.05) is 53.4 Å². The van der Waals surface area contributed by atoms with Crippen LogP contribution in [0.15, 0.2) is 96.1 Å². The van der Waals surface area contributed by atoms with Crippen LogP contribution in [0, 0.1) is 0 Å². The molecule has 7 nitrogen and oxygen atoms in total. The van der Waals surface area contributed by atoms with Crippen LogP contribution in [0.3, 0.4) is 0 Å². The molecule has 1 aliphatic heterocycles. The number of anilines is 2. The second-order valence-electron chi connectivity index (χ2n) is 8.27. The molecule has 1 aromatic heterocycles. The van der Waals surface area contributed by atoms with Gasteiger partial charge in [0.2, 0.25) is 26.6 Å². The van der Waals surface area contributed by atoms with Gasteiger partial charge < -0.3 is 19.0 Å². The van der Waals surface area contributed by atoms with Crippen LogP contribution in [0.5, 0.6) is 5.75 Å². The second-order valence-corrected chi connectivity index (χ2v) is 12.0. The molecule has 36 heavy (non-hydrogen) atoms. The number of ether oxygens (including phenoxy) is 1. The fourth-order valence-electron chi connectivity index (χ4n) is 4.08. The summed E-state index contributed by atoms with van der Waals surface area (Å²) in [4.78, 5) is 8.88. The maximum Gasteiger partial charge on any atom is 0.236 e. The van der Waals surface area contributed by atoms with Crippen LogP contribution in [0.1, 0.15) is 0 Å². The number of piperazine rings is 1. The molecule has 2 heterocycles. The molecule has 1 aliphatic rings. The van der Waals surface area contributed by atoms with Crippen molar-refractivity contribution in [2.45, 2.75) is 9.92 Å². The Morgan fingerprint density at radius 1 is 0.806 bits per heavy atom. The Kier molecular flexibility index (Phi) is 7.09. The Balaban J connectivity index is 1.48. The molecule has 0 radical (unpaired) electrons. The molecule has 0 amide bonds. The van der Waals surface area contributed by atoms with E-state index in [1.165, 1.54) is 0 Å². The summed E-state index contributed by atoms with van der Waals surface area (Å²) in [5.74, 6) is 1.35. The molecule has 0 atom stereocenters. The average molecular weight is 633 g/mol. The summed E-state index contributed by atoms with van der Waals surface area (Å²) in [6.07, 6.45) is 0. The molecule has 0 N–H and O–H groups in total. The topological polar surface area (TPSA) is 75.9 Å². The summed E-state index contributed by atoms with van der Waals surface area (Å²) in [6, 6.07) is 21.9. The van der Waals surface area contributed by atoms with Crippen molar-refractivity contribution < 1.29 is 17.6 Å². The van der Waals surface area contributed by atoms with Gasteiger partial charge in [0.05, 0.1) is 12.0 Å². The minimum Gasteiger partial charge on any atom is -0.497 e. The fraction of sp³-hybridized carbons (Fsp3) is 0.192. The van der Waals surface area contributed by atoms with E-state index in [2.05, 4.69) is 41.7 Å². The third-order valence-electron chi connectivity index (χ3n) is 6.05.